The van der Waals surface area contributed by atoms with Crippen LogP contribution in [0.25, 0.3) is 17.2 Å². The normalized spacial score (nSPS) is 11.9. The van der Waals surface area contributed by atoms with Crippen LogP contribution >= 0.6 is 0 Å². The average molecular weight is 315 g/mol. The molecule has 0 unspecified atom stereocenters. The van der Waals surface area contributed by atoms with Gasteiger partial charge in [0.15, 0.2) is 0 Å². The lowest BCUT2D eigenvalue weighted by Crippen LogP contribution is -2.22. The van der Waals surface area contributed by atoms with Crippen LogP contribution in [0.15, 0.2) is 17.2 Å². The Hall–Kier alpha value is -2.48. The Morgan fingerprint density at radius 3 is 2.78 bits per heavy atom. The quantitative estimate of drug-likeness (QED) is 0.661. The fourth-order valence-electron chi connectivity index (χ4n) is 2.47. The summed E-state index contributed by atoms with van der Waals surface area (Å²) in [5.74, 6) is 0.374. The predicted octanol–water partition coefficient (Wildman–Crippen LogP) is 1.43. The summed E-state index contributed by atoms with van der Waals surface area (Å²) in [4.78, 5) is 21.2. The van der Waals surface area contributed by atoms with E-state index in [-0.39, 0.29) is 11.5 Å². The van der Waals surface area contributed by atoms with E-state index >= 15 is 0 Å². The minimum Gasteiger partial charge on any atom is -0.309 e. The molecule has 3 heterocycles. The zero-order valence-corrected chi connectivity index (χ0v) is 13.7. The molecule has 3 rings (SSSR count). The zero-order valence-electron chi connectivity index (χ0n) is 13.7. The van der Waals surface area contributed by atoms with Crippen molar-refractivity contribution in [1.29, 1.82) is 0 Å². The van der Waals surface area contributed by atoms with E-state index in [1.165, 1.54) is 10.8 Å². The maximum absolute atomic E-state index is 12.6. The molecule has 0 bridgehead atoms. The van der Waals surface area contributed by atoms with Gasteiger partial charge in [0.25, 0.3) is 11.3 Å². The van der Waals surface area contributed by atoms with Gasteiger partial charge in [0.2, 0.25) is 0 Å². The molecule has 0 aliphatic carbocycles. The van der Waals surface area contributed by atoms with E-state index in [9.17, 15) is 4.79 Å². The number of nitrogens with zero attached hydrogens (tertiary/aromatic N) is 4. The number of hydrogen-bond donors (Lipinski definition) is 3. The summed E-state index contributed by atoms with van der Waals surface area (Å²) in [5, 5.41) is 13.4. The maximum Gasteiger partial charge on any atom is 0.278 e. The van der Waals surface area contributed by atoms with Crippen LogP contribution in [0.5, 0.6) is 0 Å². The molecule has 0 aliphatic heterocycles. The van der Waals surface area contributed by atoms with Crippen LogP contribution in [0.1, 0.15) is 44.9 Å². The van der Waals surface area contributed by atoms with Gasteiger partial charge in [-0.2, -0.15) is 9.61 Å². The second-order valence-electron chi connectivity index (χ2n) is 6.17. The molecule has 0 aromatic carbocycles. The van der Waals surface area contributed by atoms with Crippen molar-refractivity contribution >= 4 is 5.78 Å². The van der Waals surface area contributed by atoms with Crippen molar-refractivity contribution in [1.82, 2.24) is 35.1 Å². The molecule has 0 spiro atoms. The molecule has 0 fully saturated rings. The first-order chi connectivity index (χ1) is 11.0. The first-order valence-electron chi connectivity index (χ1n) is 7.71. The standard InChI is InChI=1S/C15H21N7O/c1-8(2)12-13(19-15-17-7-18-22(15)14(12)23)11-5-10(20-21-11)6-16-9(3)4/h5,7-9,16H,6H2,1-4H3,(H,20,21)(H,17,18,19). The number of aromatic nitrogens is 6. The van der Waals surface area contributed by atoms with E-state index in [4.69, 9.17) is 0 Å². The highest BCUT2D eigenvalue weighted by atomic mass is 16.1. The molecule has 122 valence electrons. The molecule has 0 saturated heterocycles. The molecule has 8 heteroatoms. The highest BCUT2D eigenvalue weighted by Gasteiger charge is 2.20. The summed E-state index contributed by atoms with van der Waals surface area (Å²) in [6.45, 7) is 8.80. The van der Waals surface area contributed by atoms with E-state index in [1.54, 1.807) is 0 Å². The molecule has 0 radical (unpaired) electrons. The Balaban J connectivity index is 2.08. The van der Waals surface area contributed by atoms with Gasteiger partial charge in [0.05, 0.1) is 0 Å². The molecule has 0 amide bonds. The second-order valence-corrected chi connectivity index (χ2v) is 6.17. The Labute approximate surface area is 133 Å². The van der Waals surface area contributed by atoms with Gasteiger partial charge in [-0.05, 0) is 12.0 Å². The van der Waals surface area contributed by atoms with Crippen molar-refractivity contribution in [3.05, 3.63) is 34.0 Å². The van der Waals surface area contributed by atoms with Gasteiger partial charge in [-0.15, -0.1) is 0 Å². The van der Waals surface area contributed by atoms with E-state index in [1.807, 2.05) is 19.9 Å². The van der Waals surface area contributed by atoms with Crippen LogP contribution in [-0.4, -0.2) is 35.8 Å². The summed E-state index contributed by atoms with van der Waals surface area (Å²) in [7, 11) is 0. The number of nitrogens with one attached hydrogen (secondary N) is 3. The van der Waals surface area contributed by atoms with E-state index in [0.717, 1.165) is 5.69 Å². The summed E-state index contributed by atoms with van der Waals surface area (Å²) < 4.78 is 1.35. The third kappa shape index (κ3) is 2.89. The molecule has 3 aromatic heterocycles. The van der Waals surface area contributed by atoms with Crippen molar-refractivity contribution in [3.8, 4) is 11.4 Å². The molecular weight excluding hydrogens is 294 g/mol. The SMILES string of the molecule is CC(C)NCc1cc(-c2nc3nc[nH]n3c(=O)c2C(C)C)n[nH]1. The van der Waals surface area contributed by atoms with Crippen molar-refractivity contribution in [2.45, 2.75) is 46.2 Å². The third-order valence-electron chi connectivity index (χ3n) is 3.62. The van der Waals surface area contributed by atoms with Gasteiger partial charge in [0.1, 0.15) is 17.7 Å². The summed E-state index contributed by atoms with van der Waals surface area (Å²) in [6.07, 6.45) is 1.46. The van der Waals surface area contributed by atoms with Crippen LogP contribution in [0.4, 0.5) is 0 Å². The van der Waals surface area contributed by atoms with Gasteiger partial charge < -0.3 is 5.32 Å². The Bertz CT molecular complexity index is 871. The van der Waals surface area contributed by atoms with E-state index in [0.29, 0.717) is 35.3 Å². The number of fused-ring (bicyclic) bond motifs is 1. The van der Waals surface area contributed by atoms with Crippen LogP contribution in [0.3, 0.4) is 0 Å². The minimum atomic E-state index is -0.137. The summed E-state index contributed by atoms with van der Waals surface area (Å²) >= 11 is 0. The smallest absolute Gasteiger partial charge is 0.278 e. The molecule has 3 N–H and O–H groups in total. The second kappa shape index (κ2) is 5.96. The number of H-pyrrole nitrogens is 2. The number of aromatic amines is 2. The lowest BCUT2D eigenvalue weighted by molar-refractivity contribution is 0.580. The Kier molecular flexibility index (Phi) is 3.99. The van der Waals surface area contributed by atoms with Crippen LogP contribution in [-0.2, 0) is 6.54 Å². The molecule has 0 aliphatic rings. The average Bonchev–Trinajstić information content (AvgIpc) is 3.13. The fraction of sp³-hybridized carbons (Fsp3) is 0.467. The predicted molar refractivity (Wildman–Crippen MR) is 87.3 cm³/mol. The molecule has 23 heavy (non-hydrogen) atoms. The van der Waals surface area contributed by atoms with Gasteiger partial charge in [-0.25, -0.2) is 9.97 Å². The zero-order chi connectivity index (χ0) is 16.6. The third-order valence-corrected chi connectivity index (χ3v) is 3.62. The van der Waals surface area contributed by atoms with Gasteiger partial charge in [0, 0.05) is 23.8 Å². The van der Waals surface area contributed by atoms with Crippen molar-refractivity contribution in [3.63, 3.8) is 0 Å². The number of hydrogen-bond acceptors (Lipinski definition) is 5. The maximum atomic E-state index is 12.6. The van der Waals surface area contributed by atoms with Gasteiger partial charge in [-0.1, -0.05) is 27.7 Å². The van der Waals surface area contributed by atoms with Gasteiger partial charge in [-0.3, -0.25) is 15.0 Å². The van der Waals surface area contributed by atoms with E-state index < -0.39 is 0 Å². The van der Waals surface area contributed by atoms with E-state index in [2.05, 4.69) is 44.4 Å². The largest absolute Gasteiger partial charge is 0.309 e. The molecule has 0 atom stereocenters. The molecule has 0 saturated carbocycles. The highest BCUT2D eigenvalue weighted by Crippen LogP contribution is 2.24. The van der Waals surface area contributed by atoms with Gasteiger partial charge >= 0.3 is 0 Å². The summed E-state index contributed by atoms with van der Waals surface area (Å²) in [5.41, 5.74) is 2.69. The highest BCUT2D eigenvalue weighted by molar-refractivity contribution is 5.61. The molecule has 3 aromatic rings. The van der Waals surface area contributed by atoms with Crippen molar-refractivity contribution in [2.24, 2.45) is 0 Å². The monoisotopic (exact) mass is 315 g/mol. The van der Waals surface area contributed by atoms with Crippen molar-refractivity contribution < 1.29 is 0 Å². The summed E-state index contributed by atoms with van der Waals surface area (Å²) in [6, 6.07) is 2.31. The minimum absolute atomic E-state index is 0.0270. The first kappa shape index (κ1) is 15.4. The Morgan fingerprint density at radius 2 is 2.09 bits per heavy atom. The molecule has 8 nitrogen and oxygen atoms in total. The lowest BCUT2D eigenvalue weighted by Gasteiger charge is -2.09. The van der Waals surface area contributed by atoms with Crippen molar-refractivity contribution in [2.75, 3.05) is 0 Å². The van der Waals surface area contributed by atoms with Crippen LogP contribution in [0, 0.1) is 0 Å². The first-order valence-corrected chi connectivity index (χ1v) is 7.71. The number of rotatable bonds is 5. The fourth-order valence-corrected chi connectivity index (χ4v) is 2.47. The topological polar surface area (TPSA) is 104 Å². The Morgan fingerprint density at radius 1 is 1.30 bits per heavy atom. The van der Waals surface area contributed by atoms with Crippen LogP contribution in [0.2, 0.25) is 0 Å². The van der Waals surface area contributed by atoms with Crippen LogP contribution < -0.4 is 10.9 Å². The lowest BCUT2D eigenvalue weighted by atomic mass is 10.0. The molecular formula is C15H21N7O.